The maximum absolute atomic E-state index is 12.5. The number of hydrogen-bond donors (Lipinski definition) is 0. The lowest BCUT2D eigenvalue weighted by Crippen LogP contribution is -2.65. The molecule has 124 valence electrons. The van der Waals surface area contributed by atoms with Crippen LogP contribution in [0.15, 0.2) is 24.5 Å². The van der Waals surface area contributed by atoms with E-state index in [2.05, 4.69) is 4.98 Å². The molecule has 3 rings (SSSR count). The van der Waals surface area contributed by atoms with Gasteiger partial charge in [-0.1, -0.05) is 0 Å². The highest BCUT2D eigenvalue weighted by Crippen LogP contribution is 2.43. The molecule has 0 atom stereocenters. The zero-order valence-electron chi connectivity index (χ0n) is 12.3. The van der Waals surface area contributed by atoms with E-state index in [4.69, 9.17) is 0 Å². The highest BCUT2D eigenvalue weighted by molar-refractivity contribution is 6.04. The van der Waals surface area contributed by atoms with Crippen molar-refractivity contribution in [1.29, 1.82) is 0 Å². The minimum Gasteiger partial charge on any atom is -0.342 e. The third kappa shape index (κ3) is 3.02. The Morgan fingerprint density at radius 1 is 1.30 bits per heavy atom. The second kappa shape index (κ2) is 5.50. The molecule has 2 fully saturated rings. The second-order valence-corrected chi connectivity index (χ2v) is 6.06. The molecule has 0 radical (unpaired) electrons. The summed E-state index contributed by atoms with van der Waals surface area (Å²) in [6.07, 6.45) is -1.88. The Hall–Kier alpha value is -2.12. The first-order valence-corrected chi connectivity index (χ1v) is 7.37. The van der Waals surface area contributed by atoms with Gasteiger partial charge in [-0.05, 0) is 25.0 Å². The van der Waals surface area contributed by atoms with Gasteiger partial charge in [0, 0.05) is 25.8 Å². The van der Waals surface area contributed by atoms with Crippen LogP contribution in [0.25, 0.3) is 0 Å². The molecule has 2 aliphatic heterocycles. The number of anilines is 1. The molecule has 23 heavy (non-hydrogen) atoms. The summed E-state index contributed by atoms with van der Waals surface area (Å²) < 4.78 is 36.8. The summed E-state index contributed by atoms with van der Waals surface area (Å²) in [6.45, 7) is 0.919. The summed E-state index contributed by atoms with van der Waals surface area (Å²) in [5.41, 5.74) is 0.184. The van der Waals surface area contributed by atoms with Crippen LogP contribution >= 0.6 is 0 Å². The van der Waals surface area contributed by atoms with E-state index in [1.807, 2.05) is 0 Å². The molecule has 0 saturated carbocycles. The van der Waals surface area contributed by atoms with E-state index in [1.165, 1.54) is 4.90 Å². The van der Waals surface area contributed by atoms with Crippen molar-refractivity contribution in [2.45, 2.75) is 25.4 Å². The number of rotatable bonds is 2. The quantitative estimate of drug-likeness (QED) is 0.781. The molecule has 3 heterocycles. The lowest BCUT2D eigenvalue weighted by Gasteiger charge is -2.52. The first kappa shape index (κ1) is 15.8. The maximum atomic E-state index is 12.5. The SMILES string of the molecule is O=C(CC(F)(F)F)N1CCC2(CC1)CN(c1cccnc1)C2=O. The molecule has 2 aliphatic rings. The summed E-state index contributed by atoms with van der Waals surface area (Å²) in [6, 6.07) is 3.53. The number of hydrogen-bond acceptors (Lipinski definition) is 3. The number of pyridine rings is 1. The number of carbonyl (C=O) groups is 2. The number of piperidine rings is 1. The molecule has 2 saturated heterocycles. The van der Waals surface area contributed by atoms with Crippen LogP contribution in [0.1, 0.15) is 19.3 Å². The molecule has 1 aromatic heterocycles. The first-order chi connectivity index (χ1) is 10.8. The first-order valence-electron chi connectivity index (χ1n) is 7.37. The Morgan fingerprint density at radius 2 is 2.00 bits per heavy atom. The third-order valence-electron chi connectivity index (χ3n) is 4.54. The maximum Gasteiger partial charge on any atom is 0.397 e. The predicted molar refractivity (Wildman–Crippen MR) is 75.5 cm³/mol. The standard InChI is InChI=1S/C15H16F3N3O2/c16-15(17,18)8-12(22)20-6-3-14(4-7-20)10-21(13(14)23)11-2-1-5-19-9-11/h1-2,5,9H,3-4,6-8,10H2. The number of amides is 2. The van der Waals surface area contributed by atoms with Crippen molar-refractivity contribution < 1.29 is 22.8 Å². The molecule has 0 unspecified atom stereocenters. The molecule has 0 aliphatic carbocycles. The molecule has 0 aromatic carbocycles. The zero-order chi connectivity index (χ0) is 16.7. The molecular weight excluding hydrogens is 311 g/mol. The largest absolute Gasteiger partial charge is 0.397 e. The minimum absolute atomic E-state index is 0.0339. The summed E-state index contributed by atoms with van der Waals surface area (Å²) in [5, 5.41) is 0. The van der Waals surface area contributed by atoms with Crippen LogP contribution in [0.3, 0.4) is 0 Å². The Bertz CT molecular complexity index is 610. The molecule has 5 nitrogen and oxygen atoms in total. The van der Waals surface area contributed by atoms with Gasteiger partial charge in [0.2, 0.25) is 11.8 Å². The lowest BCUT2D eigenvalue weighted by atomic mass is 9.71. The van der Waals surface area contributed by atoms with Gasteiger partial charge in [-0.3, -0.25) is 14.6 Å². The fraction of sp³-hybridized carbons (Fsp3) is 0.533. The molecule has 0 N–H and O–H groups in total. The van der Waals surface area contributed by atoms with Crippen LogP contribution < -0.4 is 4.90 Å². The number of nitrogens with zero attached hydrogens (tertiary/aromatic N) is 3. The number of alkyl halides is 3. The monoisotopic (exact) mass is 327 g/mol. The third-order valence-corrected chi connectivity index (χ3v) is 4.54. The van der Waals surface area contributed by atoms with Gasteiger partial charge in [-0.2, -0.15) is 13.2 Å². The van der Waals surface area contributed by atoms with Crippen molar-refractivity contribution in [3.8, 4) is 0 Å². The van der Waals surface area contributed by atoms with Crippen molar-refractivity contribution in [1.82, 2.24) is 9.88 Å². The lowest BCUT2D eigenvalue weighted by molar-refractivity contribution is -0.164. The Kier molecular flexibility index (Phi) is 3.77. The Balaban J connectivity index is 1.58. The zero-order valence-corrected chi connectivity index (χ0v) is 12.3. The van der Waals surface area contributed by atoms with E-state index in [0.29, 0.717) is 19.4 Å². The predicted octanol–water partition coefficient (Wildman–Crippen LogP) is 1.99. The smallest absolute Gasteiger partial charge is 0.342 e. The van der Waals surface area contributed by atoms with Gasteiger partial charge in [-0.25, -0.2) is 0 Å². The molecular formula is C15H16F3N3O2. The highest BCUT2D eigenvalue weighted by atomic mass is 19.4. The summed E-state index contributed by atoms with van der Waals surface area (Å²) >= 11 is 0. The number of halogens is 3. The average molecular weight is 327 g/mol. The average Bonchev–Trinajstić information content (AvgIpc) is 2.52. The number of β-lactam (4-membered cyclic amide) rings is 1. The molecule has 8 heteroatoms. The minimum atomic E-state index is -4.49. The second-order valence-electron chi connectivity index (χ2n) is 6.06. The Morgan fingerprint density at radius 3 is 2.52 bits per heavy atom. The number of aromatic nitrogens is 1. The van der Waals surface area contributed by atoms with Crippen LogP contribution in [0.2, 0.25) is 0 Å². The highest BCUT2D eigenvalue weighted by Gasteiger charge is 2.54. The van der Waals surface area contributed by atoms with Crippen LogP contribution in [-0.2, 0) is 9.59 Å². The van der Waals surface area contributed by atoms with Crippen molar-refractivity contribution in [2.75, 3.05) is 24.5 Å². The van der Waals surface area contributed by atoms with Gasteiger partial charge >= 0.3 is 6.18 Å². The van der Waals surface area contributed by atoms with Crippen LogP contribution in [0, 0.1) is 5.41 Å². The van der Waals surface area contributed by atoms with Crippen molar-refractivity contribution in [3.63, 3.8) is 0 Å². The van der Waals surface area contributed by atoms with Gasteiger partial charge in [0.05, 0.1) is 17.3 Å². The van der Waals surface area contributed by atoms with Gasteiger partial charge < -0.3 is 9.80 Å². The fourth-order valence-electron chi connectivity index (χ4n) is 3.20. The van der Waals surface area contributed by atoms with E-state index >= 15 is 0 Å². The van der Waals surface area contributed by atoms with Crippen molar-refractivity contribution in [3.05, 3.63) is 24.5 Å². The molecule has 1 aromatic rings. The van der Waals surface area contributed by atoms with E-state index in [-0.39, 0.29) is 19.0 Å². The van der Waals surface area contributed by atoms with Gasteiger partial charge in [0.1, 0.15) is 6.42 Å². The van der Waals surface area contributed by atoms with Crippen molar-refractivity contribution in [2.24, 2.45) is 5.41 Å². The Labute approximate surface area is 131 Å². The van der Waals surface area contributed by atoms with Gasteiger partial charge in [0.15, 0.2) is 0 Å². The molecule has 2 amide bonds. The van der Waals surface area contributed by atoms with E-state index < -0.39 is 23.9 Å². The van der Waals surface area contributed by atoms with Crippen LogP contribution in [0.5, 0.6) is 0 Å². The van der Waals surface area contributed by atoms with E-state index in [9.17, 15) is 22.8 Å². The van der Waals surface area contributed by atoms with E-state index in [0.717, 1.165) is 5.69 Å². The van der Waals surface area contributed by atoms with Gasteiger partial charge in [-0.15, -0.1) is 0 Å². The summed E-state index contributed by atoms with van der Waals surface area (Å²) in [5.74, 6) is -0.948. The van der Waals surface area contributed by atoms with Crippen molar-refractivity contribution >= 4 is 17.5 Å². The van der Waals surface area contributed by atoms with Gasteiger partial charge in [0.25, 0.3) is 0 Å². The summed E-state index contributed by atoms with van der Waals surface area (Å²) in [4.78, 5) is 30.9. The topological polar surface area (TPSA) is 53.5 Å². The number of likely N-dealkylation sites (tertiary alicyclic amines) is 1. The fourth-order valence-corrected chi connectivity index (χ4v) is 3.20. The molecule has 1 spiro atoms. The van der Waals surface area contributed by atoms with Crippen LogP contribution in [0.4, 0.5) is 18.9 Å². The molecule has 0 bridgehead atoms. The number of carbonyl (C=O) groups excluding carboxylic acids is 2. The van der Waals surface area contributed by atoms with E-state index in [1.54, 1.807) is 29.4 Å². The normalized spacial score (nSPS) is 20.6. The van der Waals surface area contributed by atoms with Crippen LogP contribution in [-0.4, -0.2) is 47.5 Å². The summed E-state index contributed by atoms with van der Waals surface area (Å²) in [7, 11) is 0.